The number of fused-ring (bicyclic) bond motifs is 2. The molecule has 45 heavy (non-hydrogen) atoms. The van der Waals surface area contributed by atoms with Crippen LogP contribution in [-0.4, -0.2) is 76.5 Å². The van der Waals surface area contributed by atoms with Crippen molar-refractivity contribution in [3.8, 4) is 5.75 Å². The Kier molecular flexibility index (Phi) is 12.6. The van der Waals surface area contributed by atoms with Crippen molar-refractivity contribution in [3.63, 3.8) is 0 Å². The van der Waals surface area contributed by atoms with E-state index in [1.165, 1.54) is 24.0 Å². The molecule has 3 aromatic carbocycles. The van der Waals surface area contributed by atoms with Crippen LogP contribution in [0.4, 0.5) is 0 Å². The first-order valence-electron chi connectivity index (χ1n) is 16.8. The molecule has 2 N–H and O–H groups in total. The Bertz CT molecular complexity index is 1310. The highest BCUT2D eigenvalue weighted by molar-refractivity contribution is 5.78. The number of phenolic OH excluding ortho intramolecular Hbond substituents is 1. The van der Waals surface area contributed by atoms with Gasteiger partial charge in [-0.1, -0.05) is 78.4 Å². The quantitative estimate of drug-likeness (QED) is 0.221. The zero-order chi connectivity index (χ0) is 32.5. The number of carbonyl (C=O) groups excluding carboxylic acids is 1. The van der Waals surface area contributed by atoms with Crippen LogP contribution in [0.15, 0.2) is 78.9 Å². The second kappa shape index (κ2) is 16.4. The van der Waals surface area contributed by atoms with Gasteiger partial charge in [0, 0.05) is 35.6 Å². The maximum Gasteiger partial charge on any atom is 0.316 e. The molecule has 3 aromatic rings. The first kappa shape index (κ1) is 34.7. The Morgan fingerprint density at radius 2 is 1.44 bits per heavy atom. The lowest BCUT2D eigenvalue weighted by Crippen LogP contribution is -2.43. The highest BCUT2D eigenvalue weighted by Gasteiger charge is 2.40. The largest absolute Gasteiger partial charge is 0.508 e. The number of aliphatic hydroxyl groups excluding tert-OH is 1. The van der Waals surface area contributed by atoms with E-state index in [-0.39, 0.29) is 24.6 Å². The highest BCUT2D eigenvalue weighted by atomic mass is 16.5. The molecule has 6 nitrogen and oxygen atoms in total. The Morgan fingerprint density at radius 1 is 0.889 bits per heavy atom. The second-order valence-corrected chi connectivity index (χ2v) is 13.5. The van der Waals surface area contributed by atoms with Gasteiger partial charge >= 0.3 is 5.97 Å². The molecule has 244 valence electrons. The van der Waals surface area contributed by atoms with Crippen LogP contribution in [0.3, 0.4) is 0 Å². The van der Waals surface area contributed by atoms with Crippen molar-refractivity contribution in [2.45, 2.75) is 109 Å². The number of benzene rings is 3. The van der Waals surface area contributed by atoms with Crippen molar-refractivity contribution < 1.29 is 19.7 Å². The van der Waals surface area contributed by atoms with Gasteiger partial charge in [0.2, 0.25) is 0 Å². The van der Waals surface area contributed by atoms with Crippen LogP contribution in [0, 0.1) is 6.92 Å². The number of nitrogens with zero attached hydrogens (tertiary/aromatic N) is 2. The van der Waals surface area contributed by atoms with Gasteiger partial charge in [0.05, 0.1) is 6.61 Å². The molecule has 1 unspecified atom stereocenters. The van der Waals surface area contributed by atoms with Gasteiger partial charge in [0.1, 0.15) is 17.8 Å². The van der Waals surface area contributed by atoms with Crippen LogP contribution in [-0.2, 0) is 9.53 Å². The summed E-state index contributed by atoms with van der Waals surface area (Å²) in [5.74, 6) is -0.248. The third-order valence-corrected chi connectivity index (χ3v) is 9.77. The van der Waals surface area contributed by atoms with Crippen LogP contribution >= 0.6 is 0 Å². The molecule has 0 saturated carbocycles. The summed E-state index contributed by atoms with van der Waals surface area (Å²) >= 11 is 0. The van der Waals surface area contributed by atoms with Gasteiger partial charge in [-0.05, 0) is 97.5 Å². The van der Waals surface area contributed by atoms with Crippen LogP contribution in [0.25, 0.3) is 0 Å². The molecule has 6 heteroatoms. The van der Waals surface area contributed by atoms with Gasteiger partial charge in [-0.15, -0.1) is 0 Å². The van der Waals surface area contributed by atoms with E-state index in [9.17, 15) is 15.0 Å². The van der Waals surface area contributed by atoms with Gasteiger partial charge in [-0.2, -0.15) is 0 Å². The van der Waals surface area contributed by atoms with Gasteiger partial charge in [0.15, 0.2) is 0 Å². The van der Waals surface area contributed by atoms with Crippen molar-refractivity contribution in [3.05, 3.63) is 101 Å². The molecular formula is C39H54N2O4. The molecule has 2 aliphatic heterocycles. The standard InChI is InChI=1S/C22H31NO.C17H23NO3/c1-16(2)23(17(3)4)14-13-20(19-9-7-6-8-10-19)21-15-18(5)11-12-22(21)24;1-18-13-7-8-14(18)10-15(9-13)21-17(20)16(11-19)12-5-3-2-4-6-12/h6-12,15-17,20,24H,13-14H2,1-5H3;2-6,13-16,19H,7-11H2,1H3/t20-;13-,14+,15+,16?/m1./s1. The molecule has 2 fully saturated rings. The molecule has 0 spiro atoms. The zero-order valence-corrected chi connectivity index (χ0v) is 28.1. The van der Waals surface area contributed by atoms with Crippen LogP contribution in [0.1, 0.15) is 93.9 Å². The topological polar surface area (TPSA) is 73.2 Å². The summed E-state index contributed by atoms with van der Waals surface area (Å²) < 4.78 is 5.70. The molecule has 0 aliphatic carbocycles. The maximum atomic E-state index is 12.4. The number of carbonyl (C=O) groups is 1. The maximum absolute atomic E-state index is 12.4. The summed E-state index contributed by atoms with van der Waals surface area (Å²) in [6.07, 6.45) is 5.26. The molecule has 2 heterocycles. The number of hydrogen-bond donors (Lipinski definition) is 2. The van der Waals surface area contributed by atoms with Crippen LogP contribution in [0.2, 0.25) is 0 Å². The zero-order valence-electron chi connectivity index (χ0n) is 28.1. The Morgan fingerprint density at radius 3 is 1.98 bits per heavy atom. The van der Waals surface area contributed by atoms with E-state index >= 15 is 0 Å². The lowest BCUT2D eigenvalue weighted by atomic mass is 9.87. The number of aryl methyl sites for hydroxylation is 1. The summed E-state index contributed by atoms with van der Waals surface area (Å²) in [5, 5.41) is 20.0. The lowest BCUT2D eigenvalue weighted by molar-refractivity contribution is -0.155. The van der Waals surface area contributed by atoms with E-state index in [2.05, 4.69) is 81.8 Å². The SMILES string of the molecule is CN1[C@@H]2CC[C@H]1C[C@@H](OC(=O)C(CO)c1ccccc1)C2.Cc1ccc(O)c([C@H](CCN(C(C)C)C(C)C)c2ccccc2)c1. The summed E-state index contributed by atoms with van der Waals surface area (Å²) in [4.78, 5) is 17.3. The number of aromatic hydroxyl groups is 1. The fourth-order valence-corrected chi connectivity index (χ4v) is 7.24. The van der Waals surface area contributed by atoms with Crippen molar-refractivity contribution in [2.24, 2.45) is 0 Å². The third-order valence-electron chi connectivity index (χ3n) is 9.77. The Hall–Kier alpha value is -3.19. The average Bonchev–Trinajstić information content (AvgIpc) is 3.21. The number of aliphatic hydroxyl groups is 1. The van der Waals surface area contributed by atoms with E-state index in [4.69, 9.17) is 4.74 Å². The normalized spacial score (nSPS) is 21.0. The van der Waals surface area contributed by atoms with E-state index in [1.807, 2.05) is 48.5 Å². The minimum Gasteiger partial charge on any atom is -0.508 e. The van der Waals surface area contributed by atoms with E-state index in [0.29, 0.717) is 29.9 Å². The summed E-state index contributed by atoms with van der Waals surface area (Å²) in [6, 6.07) is 28.0. The predicted octanol–water partition coefficient (Wildman–Crippen LogP) is 7.27. The molecule has 5 rings (SSSR count). The van der Waals surface area contributed by atoms with Gasteiger partial charge < -0.3 is 19.8 Å². The smallest absolute Gasteiger partial charge is 0.316 e. The summed E-state index contributed by atoms with van der Waals surface area (Å²) in [5.41, 5.74) is 4.31. The van der Waals surface area contributed by atoms with Crippen molar-refractivity contribution >= 4 is 5.97 Å². The minimum atomic E-state index is -0.566. The van der Waals surface area contributed by atoms with Crippen LogP contribution < -0.4 is 0 Å². The molecule has 2 saturated heterocycles. The molecule has 2 bridgehead atoms. The summed E-state index contributed by atoms with van der Waals surface area (Å²) in [7, 11) is 2.17. The minimum absolute atomic E-state index is 0.00367. The molecule has 5 atom stereocenters. The molecule has 0 radical (unpaired) electrons. The summed E-state index contributed by atoms with van der Waals surface area (Å²) in [6.45, 7) is 11.9. The number of ether oxygens (including phenoxy) is 1. The fourth-order valence-electron chi connectivity index (χ4n) is 7.24. The monoisotopic (exact) mass is 614 g/mol. The Balaban J connectivity index is 0.000000206. The van der Waals surface area contributed by atoms with Crippen molar-refractivity contribution in [1.29, 1.82) is 0 Å². The fraction of sp³-hybridized carbons (Fsp3) is 0.513. The van der Waals surface area contributed by atoms with Crippen LogP contribution in [0.5, 0.6) is 5.75 Å². The van der Waals surface area contributed by atoms with E-state index in [0.717, 1.165) is 36.9 Å². The van der Waals surface area contributed by atoms with Gasteiger partial charge in [-0.25, -0.2) is 0 Å². The second-order valence-electron chi connectivity index (χ2n) is 13.5. The van der Waals surface area contributed by atoms with E-state index in [1.54, 1.807) is 0 Å². The van der Waals surface area contributed by atoms with E-state index < -0.39 is 5.92 Å². The Labute approximate surface area is 271 Å². The number of piperidine rings is 1. The van der Waals surface area contributed by atoms with Crippen molar-refractivity contribution in [2.75, 3.05) is 20.2 Å². The molecule has 2 aliphatic rings. The first-order valence-corrected chi connectivity index (χ1v) is 16.8. The average molecular weight is 615 g/mol. The predicted molar refractivity (Wildman–Crippen MR) is 183 cm³/mol. The first-order chi connectivity index (χ1) is 21.6. The highest BCUT2D eigenvalue weighted by Crippen LogP contribution is 2.37. The molecule has 0 amide bonds. The van der Waals surface area contributed by atoms with Gasteiger partial charge in [-0.3, -0.25) is 9.69 Å². The lowest BCUT2D eigenvalue weighted by Gasteiger charge is -2.36. The molecule has 0 aromatic heterocycles. The number of phenols is 1. The number of esters is 1. The molecular weight excluding hydrogens is 560 g/mol. The third kappa shape index (κ3) is 9.18. The van der Waals surface area contributed by atoms with Gasteiger partial charge in [0.25, 0.3) is 0 Å². The number of hydrogen-bond acceptors (Lipinski definition) is 6. The van der Waals surface area contributed by atoms with Crippen molar-refractivity contribution in [1.82, 2.24) is 9.80 Å². The number of rotatable bonds is 11.